The van der Waals surface area contributed by atoms with Crippen LogP contribution in [0.4, 0.5) is 0 Å². The van der Waals surface area contributed by atoms with Crippen LogP contribution in [-0.2, 0) is 11.2 Å². The molecule has 0 N–H and O–H groups in total. The summed E-state index contributed by atoms with van der Waals surface area (Å²) in [7, 11) is 1.33. The predicted octanol–water partition coefficient (Wildman–Crippen LogP) is 2.20. The Morgan fingerprint density at radius 3 is 2.73 bits per heavy atom. The van der Waals surface area contributed by atoms with Crippen LogP contribution in [0.1, 0.15) is 28.4 Å². The Bertz CT molecular complexity index is 435. The van der Waals surface area contributed by atoms with Crippen molar-refractivity contribution in [2.45, 2.75) is 18.2 Å². The molecule has 0 radical (unpaired) electrons. The van der Waals surface area contributed by atoms with Crippen LogP contribution in [0, 0.1) is 11.3 Å². The van der Waals surface area contributed by atoms with Gasteiger partial charge in [-0.1, -0.05) is 6.92 Å². The number of benzene rings is 1. The maximum absolute atomic E-state index is 11.4. The van der Waals surface area contributed by atoms with Crippen LogP contribution < -0.4 is 0 Å². The molecule has 0 unspecified atom stereocenters. The van der Waals surface area contributed by atoms with Crippen molar-refractivity contribution in [2.24, 2.45) is 0 Å². The SMILES string of the molecule is CCc1c(C(=O)OC)ccc(C#N)c1S. The van der Waals surface area contributed by atoms with E-state index in [0.29, 0.717) is 22.4 Å². The first-order valence-electron chi connectivity index (χ1n) is 4.49. The summed E-state index contributed by atoms with van der Waals surface area (Å²) >= 11 is 4.24. The summed E-state index contributed by atoms with van der Waals surface area (Å²) in [5, 5.41) is 8.81. The Morgan fingerprint density at radius 1 is 1.60 bits per heavy atom. The smallest absolute Gasteiger partial charge is 0.338 e. The van der Waals surface area contributed by atoms with E-state index < -0.39 is 5.97 Å². The van der Waals surface area contributed by atoms with E-state index in [1.165, 1.54) is 7.11 Å². The summed E-state index contributed by atoms with van der Waals surface area (Å²) in [6, 6.07) is 5.20. The lowest BCUT2D eigenvalue weighted by Crippen LogP contribution is -2.06. The van der Waals surface area contributed by atoms with Crippen LogP contribution in [0.25, 0.3) is 0 Å². The fraction of sp³-hybridized carbons (Fsp3) is 0.273. The van der Waals surface area contributed by atoms with E-state index >= 15 is 0 Å². The summed E-state index contributed by atoms with van der Waals surface area (Å²) in [5.74, 6) is -0.397. The number of ether oxygens (including phenoxy) is 1. The molecule has 0 atom stereocenters. The first kappa shape index (κ1) is 11.6. The van der Waals surface area contributed by atoms with Gasteiger partial charge in [-0.3, -0.25) is 0 Å². The van der Waals surface area contributed by atoms with Crippen molar-refractivity contribution in [2.75, 3.05) is 7.11 Å². The monoisotopic (exact) mass is 221 g/mol. The van der Waals surface area contributed by atoms with Crippen molar-refractivity contribution < 1.29 is 9.53 Å². The molecule has 78 valence electrons. The normalized spacial score (nSPS) is 9.47. The van der Waals surface area contributed by atoms with Crippen LogP contribution in [-0.4, -0.2) is 13.1 Å². The Labute approximate surface area is 94.1 Å². The van der Waals surface area contributed by atoms with Gasteiger partial charge in [-0.15, -0.1) is 12.6 Å². The highest BCUT2D eigenvalue weighted by Crippen LogP contribution is 2.23. The van der Waals surface area contributed by atoms with E-state index in [0.717, 1.165) is 5.56 Å². The lowest BCUT2D eigenvalue weighted by Gasteiger charge is -2.09. The second kappa shape index (κ2) is 4.85. The Morgan fingerprint density at radius 2 is 2.27 bits per heavy atom. The van der Waals surface area contributed by atoms with Crippen molar-refractivity contribution in [3.05, 3.63) is 28.8 Å². The highest BCUT2D eigenvalue weighted by Gasteiger charge is 2.15. The number of nitrogens with zero attached hydrogens (tertiary/aromatic N) is 1. The molecular formula is C11H11NO2S. The number of carbonyl (C=O) groups is 1. The van der Waals surface area contributed by atoms with Crippen LogP contribution >= 0.6 is 12.6 Å². The molecule has 3 nitrogen and oxygen atoms in total. The van der Waals surface area contributed by atoms with Gasteiger partial charge in [0.05, 0.1) is 18.2 Å². The lowest BCUT2D eigenvalue weighted by atomic mass is 10.0. The molecule has 15 heavy (non-hydrogen) atoms. The molecule has 0 spiro atoms. The first-order chi connectivity index (χ1) is 7.15. The average Bonchev–Trinajstić information content (AvgIpc) is 2.27. The quantitative estimate of drug-likeness (QED) is 0.615. The largest absolute Gasteiger partial charge is 0.465 e. The van der Waals surface area contributed by atoms with Crippen molar-refractivity contribution in [3.8, 4) is 6.07 Å². The van der Waals surface area contributed by atoms with Crippen molar-refractivity contribution in [1.29, 1.82) is 5.26 Å². The van der Waals surface area contributed by atoms with E-state index in [-0.39, 0.29) is 0 Å². The molecule has 0 aliphatic heterocycles. The second-order valence-corrected chi connectivity index (χ2v) is 3.39. The van der Waals surface area contributed by atoms with Gasteiger partial charge in [0, 0.05) is 4.90 Å². The third-order valence-corrected chi connectivity index (χ3v) is 2.67. The summed E-state index contributed by atoms with van der Waals surface area (Å²) in [4.78, 5) is 12.0. The third-order valence-electron chi connectivity index (χ3n) is 2.16. The van der Waals surface area contributed by atoms with Crippen LogP contribution in [0.2, 0.25) is 0 Å². The molecule has 0 aromatic heterocycles. The molecule has 1 rings (SSSR count). The number of thiol groups is 1. The summed E-state index contributed by atoms with van der Waals surface area (Å²) in [6.07, 6.45) is 0.638. The third kappa shape index (κ3) is 2.13. The molecule has 0 saturated carbocycles. The number of hydrogen-bond donors (Lipinski definition) is 1. The molecule has 1 aromatic rings. The standard InChI is InChI=1S/C11H11NO2S/c1-3-8-9(11(13)14-2)5-4-7(6-12)10(8)15/h4-5,15H,3H2,1-2H3. The highest BCUT2D eigenvalue weighted by molar-refractivity contribution is 7.80. The van der Waals surface area contributed by atoms with Gasteiger partial charge in [-0.2, -0.15) is 5.26 Å². The Hall–Kier alpha value is -1.47. The maximum atomic E-state index is 11.4. The van der Waals surface area contributed by atoms with Gasteiger partial charge in [0.25, 0.3) is 0 Å². The fourth-order valence-corrected chi connectivity index (χ4v) is 1.79. The van der Waals surface area contributed by atoms with Crippen LogP contribution in [0.5, 0.6) is 0 Å². The van der Waals surface area contributed by atoms with E-state index in [2.05, 4.69) is 17.4 Å². The molecular weight excluding hydrogens is 210 g/mol. The number of hydrogen-bond acceptors (Lipinski definition) is 4. The highest BCUT2D eigenvalue weighted by atomic mass is 32.1. The number of nitriles is 1. The van der Waals surface area contributed by atoms with Gasteiger partial charge in [0.2, 0.25) is 0 Å². The molecule has 0 bridgehead atoms. The van der Waals surface area contributed by atoms with Crippen molar-refractivity contribution >= 4 is 18.6 Å². The predicted molar refractivity (Wildman–Crippen MR) is 59.1 cm³/mol. The van der Waals surface area contributed by atoms with Crippen LogP contribution in [0.3, 0.4) is 0 Å². The van der Waals surface area contributed by atoms with Crippen molar-refractivity contribution in [3.63, 3.8) is 0 Å². The average molecular weight is 221 g/mol. The number of methoxy groups -OCH3 is 1. The Balaban J connectivity index is 3.39. The van der Waals surface area contributed by atoms with Gasteiger partial charge in [-0.05, 0) is 24.1 Å². The zero-order chi connectivity index (χ0) is 11.4. The molecule has 0 saturated heterocycles. The first-order valence-corrected chi connectivity index (χ1v) is 4.93. The second-order valence-electron chi connectivity index (χ2n) is 2.94. The van der Waals surface area contributed by atoms with E-state index in [4.69, 9.17) is 5.26 Å². The minimum Gasteiger partial charge on any atom is -0.465 e. The molecule has 0 amide bonds. The molecule has 1 aromatic carbocycles. The minimum atomic E-state index is -0.397. The van der Waals surface area contributed by atoms with E-state index in [1.54, 1.807) is 12.1 Å². The summed E-state index contributed by atoms with van der Waals surface area (Å²) in [5.41, 5.74) is 1.70. The van der Waals surface area contributed by atoms with E-state index in [9.17, 15) is 4.79 Å². The molecule has 0 aliphatic carbocycles. The van der Waals surface area contributed by atoms with Gasteiger partial charge in [0.1, 0.15) is 6.07 Å². The fourth-order valence-electron chi connectivity index (χ4n) is 1.39. The maximum Gasteiger partial charge on any atom is 0.338 e. The van der Waals surface area contributed by atoms with Crippen LogP contribution in [0.15, 0.2) is 17.0 Å². The molecule has 0 heterocycles. The molecule has 0 fully saturated rings. The zero-order valence-corrected chi connectivity index (χ0v) is 9.47. The van der Waals surface area contributed by atoms with Gasteiger partial charge in [0.15, 0.2) is 0 Å². The van der Waals surface area contributed by atoms with Gasteiger partial charge in [-0.25, -0.2) is 4.79 Å². The topological polar surface area (TPSA) is 50.1 Å². The van der Waals surface area contributed by atoms with Gasteiger partial charge < -0.3 is 4.74 Å². The van der Waals surface area contributed by atoms with Crippen molar-refractivity contribution in [1.82, 2.24) is 0 Å². The van der Waals surface area contributed by atoms with E-state index in [1.807, 2.05) is 13.0 Å². The van der Waals surface area contributed by atoms with Gasteiger partial charge >= 0.3 is 5.97 Å². The molecule has 4 heteroatoms. The molecule has 0 aliphatic rings. The lowest BCUT2D eigenvalue weighted by molar-refractivity contribution is 0.0599. The number of rotatable bonds is 2. The number of esters is 1. The minimum absolute atomic E-state index is 0.397. The zero-order valence-electron chi connectivity index (χ0n) is 8.57. The summed E-state index contributed by atoms with van der Waals surface area (Å²) in [6.45, 7) is 1.91. The summed E-state index contributed by atoms with van der Waals surface area (Å²) < 4.78 is 4.65. The number of carbonyl (C=O) groups excluding carboxylic acids is 1. The Kier molecular flexibility index (Phi) is 3.75.